The average molecular weight is 268 g/mol. The van der Waals surface area contributed by atoms with E-state index in [1.807, 2.05) is 6.92 Å². The third-order valence-electron chi connectivity index (χ3n) is 3.29. The van der Waals surface area contributed by atoms with Crippen LogP contribution in [-0.2, 0) is 4.79 Å². The fourth-order valence-electron chi connectivity index (χ4n) is 2.34. The smallest absolute Gasteiger partial charge is 0.326 e. The standard InChI is InChI=1S/C13H14ClNO3/c1-8-5-6-15(11(8)13(17)18)12(16)9-3-2-4-10(14)7-9/h2-4,7-8,11H,5-6H2,1H3,(H,17,18). The van der Waals surface area contributed by atoms with Crippen LogP contribution in [0.3, 0.4) is 0 Å². The van der Waals surface area contributed by atoms with E-state index in [9.17, 15) is 14.7 Å². The Morgan fingerprint density at radius 2 is 2.17 bits per heavy atom. The van der Waals surface area contributed by atoms with Gasteiger partial charge in [0, 0.05) is 17.1 Å². The van der Waals surface area contributed by atoms with Gasteiger partial charge in [0.2, 0.25) is 0 Å². The number of carbonyl (C=O) groups excluding carboxylic acids is 1. The second-order valence-corrected chi connectivity index (χ2v) is 4.99. The molecule has 18 heavy (non-hydrogen) atoms. The molecule has 4 nitrogen and oxygen atoms in total. The molecule has 96 valence electrons. The maximum atomic E-state index is 12.3. The molecule has 0 bridgehead atoms. The van der Waals surface area contributed by atoms with Gasteiger partial charge in [0.25, 0.3) is 5.91 Å². The maximum Gasteiger partial charge on any atom is 0.326 e. The fraction of sp³-hybridized carbons (Fsp3) is 0.385. The topological polar surface area (TPSA) is 57.6 Å². The van der Waals surface area contributed by atoms with Crippen LogP contribution in [0.2, 0.25) is 5.02 Å². The van der Waals surface area contributed by atoms with Gasteiger partial charge in [-0.25, -0.2) is 4.79 Å². The van der Waals surface area contributed by atoms with Crippen LogP contribution >= 0.6 is 11.6 Å². The monoisotopic (exact) mass is 267 g/mol. The van der Waals surface area contributed by atoms with Gasteiger partial charge in [-0.3, -0.25) is 4.79 Å². The van der Waals surface area contributed by atoms with Crippen molar-refractivity contribution < 1.29 is 14.7 Å². The minimum Gasteiger partial charge on any atom is -0.480 e. The number of carboxylic acid groups (broad SMARTS) is 1. The summed E-state index contributed by atoms with van der Waals surface area (Å²) in [5.41, 5.74) is 0.433. The second-order valence-electron chi connectivity index (χ2n) is 4.56. The molecule has 0 aromatic heterocycles. The molecule has 1 N–H and O–H groups in total. The lowest BCUT2D eigenvalue weighted by atomic mass is 10.0. The highest BCUT2D eigenvalue weighted by Crippen LogP contribution is 2.26. The largest absolute Gasteiger partial charge is 0.480 e. The highest BCUT2D eigenvalue weighted by Gasteiger charge is 2.39. The van der Waals surface area contributed by atoms with E-state index in [-0.39, 0.29) is 11.8 Å². The molecule has 0 spiro atoms. The van der Waals surface area contributed by atoms with Gasteiger partial charge in [-0.2, -0.15) is 0 Å². The van der Waals surface area contributed by atoms with Gasteiger partial charge in [-0.15, -0.1) is 0 Å². The third kappa shape index (κ3) is 2.34. The van der Waals surface area contributed by atoms with Gasteiger partial charge < -0.3 is 10.0 Å². The highest BCUT2D eigenvalue weighted by atomic mass is 35.5. The van der Waals surface area contributed by atoms with E-state index in [0.29, 0.717) is 23.6 Å². The average Bonchev–Trinajstić information content (AvgIpc) is 2.70. The third-order valence-corrected chi connectivity index (χ3v) is 3.52. The Morgan fingerprint density at radius 1 is 1.44 bits per heavy atom. The zero-order valence-corrected chi connectivity index (χ0v) is 10.7. The van der Waals surface area contributed by atoms with Crippen molar-refractivity contribution in [1.82, 2.24) is 4.90 Å². The van der Waals surface area contributed by atoms with E-state index in [0.717, 1.165) is 0 Å². The van der Waals surface area contributed by atoms with Crippen LogP contribution < -0.4 is 0 Å². The van der Waals surface area contributed by atoms with Crippen LogP contribution in [0.15, 0.2) is 24.3 Å². The number of carboxylic acids is 1. The number of halogens is 1. The predicted molar refractivity (Wildman–Crippen MR) is 67.7 cm³/mol. The van der Waals surface area contributed by atoms with E-state index in [2.05, 4.69) is 0 Å². The lowest BCUT2D eigenvalue weighted by molar-refractivity contribution is -0.142. The van der Waals surface area contributed by atoms with Crippen LogP contribution in [0, 0.1) is 5.92 Å². The zero-order chi connectivity index (χ0) is 13.3. The molecule has 1 aromatic carbocycles. The van der Waals surface area contributed by atoms with E-state index in [1.54, 1.807) is 24.3 Å². The molecule has 0 aliphatic carbocycles. The molecule has 1 aromatic rings. The minimum absolute atomic E-state index is 0.0226. The van der Waals surface area contributed by atoms with Crippen LogP contribution in [0.1, 0.15) is 23.7 Å². The first-order valence-corrected chi connectivity index (χ1v) is 6.18. The minimum atomic E-state index is -0.949. The zero-order valence-electron chi connectivity index (χ0n) is 9.97. The van der Waals surface area contributed by atoms with E-state index in [4.69, 9.17) is 11.6 Å². The van der Waals surface area contributed by atoms with E-state index >= 15 is 0 Å². The van der Waals surface area contributed by atoms with Crippen molar-refractivity contribution in [2.75, 3.05) is 6.54 Å². The van der Waals surface area contributed by atoms with Crippen molar-refractivity contribution in [1.29, 1.82) is 0 Å². The quantitative estimate of drug-likeness (QED) is 0.894. The Morgan fingerprint density at radius 3 is 2.78 bits per heavy atom. The van der Waals surface area contributed by atoms with E-state index in [1.165, 1.54) is 4.90 Å². The van der Waals surface area contributed by atoms with Crippen molar-refractivity contribution in [3.8, 4) is 0 Å². The molecule has 1 saturated heterocycles. The molecule has 1 amide bonds. The summed E-state index contributed by atoms with van der Waals surface area (Å²) in [5, 5.41) is 9.66. The molecule has 1 aliphatic heterocycles. The summed E-state index contributed by atoms with van der Waals surface area (Å²) >= 11 is 5.84. The summed E-state index contributed by atoms with van der Waals surface area (Å²) in [5.74, 6) is -1.24. The first kappa shape index (κ1) is 12.9. The number of likely N-dealkylation sites (tertiary alicyclic amines) is 1. The molecule has 0 saturated carbocycles. The summed E-state index contributed by atoms with van der Waals surface area (Å²) in [6, 6.07) is 5.84. The van der Waals surface area contributed by atoms with Crippen molar-refractivity contribution >= 4 is 23.5 Å². The molecule has 1 aliphatic rings. The molecule has 0 radical (unpaired) electrons. The molecular weight excluding hydrogens is 254 g/mol. The summed E-state index contributed by atoms with van der Waals surface area (Å²) in [6.45, 7) is 2.33. The molecule has 1 fully saturated rings. The van der Waals surface area contributed by atoms with Gasteiger partial charge in [0.05, 0.1) is 0 Å². The summed E-state index contributed by atoms with van der Waals surface area (Å²) in [7, 11) is 0. The number of hydrogen-bond acceptors (Lipinski definition) is 2. The van der Waals surface area contributed by atoms with Gasteiger partial charge >= 0.3 is 5.97 Å². The Balaban J connectivity index is 2.26. The van der Waals surface area contributed by atoms with Crippen molar-refractivity contribution in [2.24, 2.45) is 5.92 Å². The summed E-state index contributed by atoms with van der Waals surface area (Å²) in [4.78, 5) is 24.9. The Hall–Kier alpha value is -1.55. The highest BCUT2D eigenvalue weighted by molar-refractivity contribution is 6.31. The summed E-state index contributed by atoms with van der Waals surface area (Å²) < 4.78 is 0. The van der Waals surface area contributed by atoms with Crippen LogP contribution in [0.4, 0.5) is 0 Å². The number of amides is 1. The van der Waals surface area contributed by atoms with E-state index < -0.39 is 12.0 Å². The van der Waals surface area contributed by atoms with Crippen LogP contribution in [0.5, 0.6) is 0 Å². The molecule has 1 heterocycles. The van der Waals surface area contributed by atoms with Gasteiger partial charge in [0.1, 0.15) is 6.04 Å². The second kappa shape index (κ2) is 4.98. The number of aliphatic carboxylic acids is 1. The predicted octanol–water partition coefficient (Wildman–Crippen LogP) is 2.28. The van der Waals surface area contributed by atoms with Gasteiger partial charge in [-0.05, 0) is 30.5 Å². The molecule has 2 atom stereocenters. The Bertz CT molecular complexity index is 489. The van der Waals surface area contributed by atoms with Gasteiger partial charge in [0.15, 0.2) is 0 Å². The Labute approximate surface area is 110 Å². The molecule has 2 rings (SSSR count). The lowest BCUT2D eigenvalue weighted by Gasteiger charge is -2.23. The molecule has 5 heteroatoms. The number of carbonyl (C=O) groups is 2. The molecule has 2 unspecified atom stereocenters. The van der Waals surface area contributed by atoms with Gasteiger partial charge in [-0.1, -0.05) is 24.6 Å². The fourth-order valence-corrected chi connectivity index (χ4v) is 2.53. The number of hydrogen-bond donors (Lipinski definition) is 1. The SMILES string of the molecule is CC1CCN(C(=O)c2cccc(Cl)c2)C1C(=O)O. The van der Waals surface area contributed by atoms with Crippen molar-refractivity contribution in [3.05, 3.63) is 34.9 Å². The van der Waals surface area contributed by atoms with Crippen molar-refractivity contribution in [2.45, 2.75) is 19.4 Å². The van der Waals surface area contributed by atoms with Crippen LogP contribution in [0.25, 0.3) is 0 Å². The first-order chi connectivity index (χ1) is 8.50. The maximum absolute atomic E-state index is 12.3. The molecular formula is C13H14ClNO3. The van der Waals surface area contributed by atoms with Crippen LogP contribution in [-0.4, -0.2) is 34.5 Å². The summed E-state index contributed by atoms with van der Waals surface area (Å²) in [6.07, 6.45) is 0.712. The number of nitrogens with zero attached hydrogens (tertiary/aromatic N) is 1. The lowest BCUT2D eigenvalue weighted by Crippen LogP contribution is -2.42. The number of rotatable bonds is 2. The Kier molecular flexibility index (Phi) is 3.57. The van der Waals surface area contributed by atoms with Crippen molar-refractivity contribution in [3.63, 3.8) is 0 Å². The normalized spacial score (nSPS) is 23.1. The number of benzene rings is 1. The first-order valence-electron chi connectivity index (χ1n) is 5.80.